The Hall–Kier alpha value is -2.12. The van der Waals surface area contributed by atoms with Gasteiger partial charge in [-0.1, -0.05) is 18.2 Å². The van der Waals surface area contributed by atoms with E-state index in [0.29, 0.717) is 32.8 Å². The first-order valence-electron chi connectivity index (χ1n) is 9.18. The number of amides is 2. The summed E-state index contributed by atoms with van der Waals surface area (Å²) in [4.78, 5) is 26.9. The highest BCUT2D eigenvalue weighted by Gasteiger charge is 2.32. The molecule has 1 aromatic rings. The van der Waals surface area contributed by atoms with E-state index < -0.39 is 6.04 Å². The van der Waals surface area contributed by atoms with Gasteiger partial charge in [0.05, 0.1) is 19.6 Å². The molecule has 7 nitrogen and oxygen atoms in total. The van der Waals surface area contributed by atoms with Crippen molar-refractivity contribution in [3.05, 3.63) is 29.8 Å². The number of carbonyl (C=O) groups excluding carboxylic acids is 2. The van der Waals surface area contributed by atoms with Gasteiger partial charge in [-0.3, -0.25) is 14.5 Å². The van der Waals surface area contributed by atoms with Crippen molar-refractivity contribution in [2.75, 3.05) is 33.4 Å². The zero-order chi connectivity index (χ0) is 18.4. The lowest BCUT2D eigenvalue weighted by molar-refractivity contribution is -0.134. The third kappa shape index (κ3) is 4.74. The Morgan fingerprint density at radius 2 is 2.12 bits per heavy atom. The minimum atomic E-state index is -0.464. The van der Waals surface area contributed by atoms with Crippen molar-refractivity contribution in [3.8, 4) is 5.75 Å². The molecule has 0 aromatic heterocycles. The maximum absolute atomic E-state index is 12.5. The molecule has 2 saturated heterocycles. The molecule has 0 aliphatic carbocycles. The average molecular weight is 361 g/mol. The van der Waals surface area contributed by atoms with Gasteiger partial charge < -0.3 is 20.1 Å². The van der Waals surface area contributed by atoms with Crippen LogP contribution in [0.3, 0.4) is 0 Å². The maximum Gasteiger partial charge on any atom is 0.237 e. The van der Waals surface area contributed by atoms with Gasteiger partial charge >= 0.3 is 0 Å². The molecule has 2 heterocycles. The van der Waals surface area contributed by atoms with Gasteiger partial charge in [0.25, 0.3) is 0 Å². The molecule has 2 aliphatic heterocycles. The number of benzene rings is 1. The molecule has 1 aromatic carbocycles. The molecule has 1 unspecified atom stereocenters. The summed E-state index contributed by atoms with van der Waals surface area (Å²) in [6.45, 7) is 3.22. The number of rotatable bonds is 6. The Kier molecular flexibility index (Phi) is 6.46. The van der Waals surface area contributed by atoms with Crippen molar-refractivity contribution < 1.29 is 19.1 Å². The van der Waals surface area contributed by atoms with Crippen LogP contribution in [0.5, 0.6) is 5.75 Å². The average Bonchev–Trinajstić information content (AvgIpc) is 2.66. The molecule has 3 rings (SSSR count). The SMILES string of the molecule is COc1ccccc1CN1CCNC(=O)C1CC(=O)NC1CCOCC1. The van der Waals surface area contributed by atoms with E-state index in [-0.39, 0.29) is 24.3 Å². The van der Waals surface area contributed by atoms with E-state index >= 15 is 0 Å². The van der Waals surface area contributed by atoms with E-state index in [0.717, 1.165) is 24.2 Å². The van der Waals surface area contributed by atoms with E-state index in [4.69, 9.17) is 9.47 Å². The lowest BCUT2D eigenvalue weighted by atomic mass is 10.0. The van der Waals surface area contributed by atoms with Crippen molar-refractivity contribution in [1.82, 2.24) is 15.5 Å². The van der Waals surface area contributed by atoms with Crippen molar-refractivity contribution >= 4 is 11.8 Å². The summed E-state index contributed by atoms with van der Waals surface area (Å²) in [5.41, 5.74) is 1.01. The van der Waals surface area contributed by atoms with Crippen LogP contribution in [0.1, 0.15) is 24.8 Å². The molecule has 0 radical (unpaired) electrons. The number of para-hydroxylation sites is 1. The number of methoxy groups -OCH3 is 1. The van der Waals surface area contributed by atoms with E-state index in [1.54, 1.807) is 7.11 Å². The molecule has 0 saturated carbocycles. The quantitative estimate of drug-likeness (QED) is 0.779. The van der Waals surface area contributed by atoms with Crippen LogP contribution in [0.4, 0.5) is 0 Å². The standard InChI is InChI=1S/C19H27N3O4/c1-25-17-5-3-2-4-14(17)13-22-9-8-20-19(24)16(22)12-18(23)21-15-6-10-26-11-7-15/h2-5,15-16H,6-13H2,1H3,(H,20,24)(H,21,23). The summed E-state index contributed by atoms with van der Waals surface area (Å²) >= 11 is 0. The van der Waals surface area contributed by atoms with Gasteiger partial charge in [0, 0.05) is 44.5 Å². The smallest absolute Gasteiger partial charge is 0.237 e. The van der Waals surface area contributed by atoms with Gasteiger partial charge in [0.2, 0.25) is 11.8 Å². The third-order valence-corrected chi connectivity index (χ3v) is 4.97. The molecule has 2 fully saturated rings. The van der Waals surface area contributed by atoms with Crippen LogP contribution in [-0.4, -0.2) is 62.2 Å². The largest absolute Gasteiger partial charge is 0.496 e. The van der Waals surface area contributed by atoms with Crippen molar-refractivity contribution in [2.45, 2.75) is 37.9 Å². The summed E-state index contributed by atoms with van der Waals surface area (Å²) in [5.74, 6) is 0.626. The zero-order valence-corrected chi connectivity index (χ0v) is 15.2. The Bertz CT molecular complexity index is 631. The zero-order valence-electron chi connectivity index (χ0n) is 15.2. The van der Waals surface area contributed by atoms with E-state index in [1.165, 1.54) is 0 Å². The lowest BCUT2D eigenvalue weighted by Gasteiger charge is -2.35. The fraction of sp³-hybridized carbons (Fsp3) is 0.579. The number of ether oxygens (including phenoxy) is 2. The highest BCUT2D eigenvalue weighted by Crippen LogP contribution is 2.22. The van der Waals surface area contributed by atoms with Gasteiger partial charge in [0.1, 0.15) is 5.75 Å². The Labute approximate surface area is 154 Å². The van der Waals surface area contributed by atoms with Gasteiger partial charge in [-0.25, -0.2) is 0 Å². The molecule has 2 amide bonds. The molecule has 0 spiro atoms. The third-order valence-electron chi connectivity index (χ3n) is 4.97. The monoisotopic (exact) mass is 361 g/mol. The van der Waals surface area contributed by atoms with E-state index in [1.807, 2.05) is 24.3 Å². The summed E-state index contributed by atoms with van der Waals surface area (Å²) in [5, 5.41) is 5.92. The topological polar surface area (TPSA) is 79.9 Å². The summed E-state index contributed by atoms with van der Waals surface area (Å²) < 4.78 is 10.7. The first kappa shape index (κ1) is 18.7. The molecule has 7 heteroatoms. The van der Waals surface area contributed by atoms with E-state index in [9.17, 15) is 9.59 Å². The number of hydrogen-bond donors (Lipinski definition) is 2. The molecule has 26 heavy (non-hydrogen) atoms. The second-order valence-electron chi connectivity index (χ2n) is 6.75. The summed E-state index contributed by atoms with van der Waals surface area (Å²) in [6.07, 6.45) is 1.82. The first-order valence-corrected chi connectivity index (χ1v) is 9.18. The molecule has 1 atom stereocenters. The normalized spacial score (nSPS) is 21.9. The lowest BCUT2D eigenvalue weighted by Crippen LogP contribution is -2.56. The van der Waals surface area contributed by atoms with Gasteiger partial charge in [-0.15, -0.1) is 0 Å². The second-order valence-corrected chi connectivity index (χ2v) is 6.75. The van der Waals surface area contributed by atoms with Gasteiger partial charge in [-0.2, -0.15) is 0 Å². The van der Waals surface area contributed by atoms with Crippen LogP contribution < -0.4 is 15.4 Å². The number of hydrogen-bond acceptors (Lipinski definition) is 5. The van der Waals surface area contributed by atoms with Crippen molar-refractivity contribution in [1.29, 1.82) is 0 Å². The molecule has 2 aliphatic rings. The molecule has 142 valence electrons. The van der Waals surface area contributed by atoms with Crippen LogP contribution in [0.15, 0.2) is 24.3 Å². The van der Waals surface area contributed by atoms with Gasteiger partial charge in [0.15, 0.2) is 0 Å². The number of carbonyl (C=O) groups is 2. The van der Waals surface area contributed by atoms with Crippen LogP contribution >= 0.6 is 0 Å². The van der Waals surface area contributed by atoms with Crippen LogP contribution in [0, 0.1) is 0 Å². The van der Waals surface area contributed by atoms with Crippen molar-refractivity contribution in [3.63, 3.8) is 0 Å². The predicted octanol–water partition coefficient (Wildman–Crippen LogP) is 0.681. The highest BCUT2D eigenvalue weighted by atomic mass is 16.5. The summed E-state index contributed by atoms with van der Waals surface area (Å²) in [6, 6.07) is 7.45. The number of nitrogens with zero attached hydrogens (tertiary/aromatic N) is 1. The van der Waals surface area contributed by atoms with Crippen LogP contribution in [0.25, 0.3) is 0 Å². The van der Waals surface area contributed by atoms with Crippen LogP contribution in [0.2, 0.25) is 0 Å². The maximum atomic E-state index is 12.5. The second kappa shape index (κ2) is 9.00. The van der Waals surface area contributed by atoms with Crippen molar-refractivity contribution in [2.24, 2.45) is 0 Å². The molecular weight excluding hydrogens is 334 g/mol. The van der Waals surface area contributed by atoms with Gasteiger partial charge in [-0.05, 0) is 18.9 Å². The number of nitrogens with one attached hydrogen (secondary N) is 2. The summed E-state index contributed by atoms with van der Waals surface area (Å²) in [7, 11) is 1.64. The number of piperazine rings is 1. The Balaban J connectivity index is 1.64. The molecular formula is C19H27N3O4. The highest BCUT2D eigenvalue weighted by molar-refractivity contribution is 5.88. The molecule has 2 N–H and O–H groups in total. The van der Waals surface area contributed by atoms with E-state index in [2.05, 4.69) is 15.5 Å². The fourth-order valence-corrected chi connectivity index (χ4v) is 3.53. The fourth-order valence-electron chi connectivity index (χ4n) is 3.53. The Morgan fingerprint density at radius 3 is 2.88 bits per heavy atom. The molecule has 0 bridgehead atoms. The Morgan fingerprint density at radius 1 is 1.35 bits per heavy atom. The predicted molar refractivity (Wildman–Crippen MR) is 96.8 cm³/mol. The first-order chi connectivity index (χ1) is 12.7. The minimum absolute atomic E-state index is 0.0797. The minimum Gasteiger partial charge on any atom is -0.496 e. The van der Waals surface area contributed by atoms with Crippen LogP contribution in [-0.2, 0) is 20.9 Å².